The molecule has 0 radical (unpaired) electrons. The minimum Gasteiger partial charge on any atom is -0.267 e. The summed E-state index contributed by atoms with van der Waals surface area (Å²) in [7, 11) is -11.7. The molecular weight excluding hydrogens is 396 g/mol. The van der Waals surface area contributed by atoms with Crippen molar-refractivity contribution < 1.29 is 37.8 Å². The molecule has 0 aromatic rings. The molecule has 2 atom stereocenters. The first-order valence-corrected chi connectivity index (χ1v) is 12.8. The van der Waals surface area contributed by atoms with Crippen LogP contribution in [0.3, 0.4) is 0 Å². The van der Waals surface area contributed by atoms with Crippen LogP contribution in [0, 0.1) is 0 Å². The zero-order chi connectivity index (χ0) is 19.7. The summed E-state index contributed by atoms with van der Waals surface area (Å²) in [5.74, 6) is -0.976. The monoisotopic (exact) mass is 424 g/mol. The van der Waals surface area contributed by atoms with Gasteiger partial charge in [-0.2, -0.15) is 25.3 Å². The summed E-state index contributed by atoms with van der Waals surface area (Å²) in [6.45, 7) is 5.30. The van der Waals surface area contributed by atoms with E-state index < -0.39 is 49.2 Å². The minimum absolute atomic E-state index is 0.176. The van der Waals surface area contributed by atoms with Crippen LogP contribution in [-0.2, 0) is 42.9 Å². The molecule has 12 heteroatoms. The van der Waals surface area contributed by atoms with Crippen LogP contribution in [0.4, 0.5) is 0 Å². The Balaban J connectivity index is 5.55. The smallest absolute Gasteiger partial charge is 0.267 e. The molecule has 25 heavy (non-hydrogen) atoms. The summed E-state index contributed by atoms with van der Waals surface area (Å²) >= 11 is 0. The molecular formula is C13H28O9S3. The number of hydrogen-bond donors (Lipinski definition) is 0. The van der Waals surface area contributed by atoms with Crippen molar-refractivity contribution in [2.24, 2.45) is 0 Å². The topological polar surface area (TPSA) is 130 Å². The van der Waals surface area contributed by atoms with Gasteiger partial charge in [0.15, 0.2) is 0 Å². The maximum Gasteiger partial charge on any atom is 0.267 e. The maximum absolute atomic E-state index is 11.8. The van der Waals surface area contributed by atoms with Gasteiger partial charge in [-0.25, -0.2) is 0 Å². The zero-order valence-electron chi connectivity index (χ0n) is 15.0. The van der Waals surface area contributed by atoms with Crippen LogP contribution in [0.2, 0.25) is 0 Å². The van der Waals surface area contributed by atoms with Crippen LogP contribution in [0.25, 0.3) is 0 Å². The van der Waals surface area contributed by atoms with E-state index in [-0.39, 0.29) is 23.7 Å². The van der Waals surface area contributed by atoms with E-state index in [1.165, 1.54) is 20.8 Å². The van der Waals surface area contributed by atoms with E-state index in [4.69, 9.17) is 12.5 Å². The van der Waals surface area contributed by atoms with Crippen molar-refractivity contribution in [3.63, 3.8) is 0 Å². The van der Waals surface area contributed by atoms with Crippen LogP contribution in [0.5, 0.6) is 0 Å². The normalized spacial score (nSPS) is 15.8. The lowest BCUT2D eigenvalue weighted by atomic mass is 10.1. The van der Waals surface area contributed by atoms with Gasteiger partial charge in [-0.15, -0.1) is 0 Å². The van der Waals surface area contributed by atoms with Crippen LogP contribution >= 0.6 is 0 Å². The van der Waals surface area contributed by atoms with E-state index in [2.05, 4.69) is 0 Å². The largest absolute Gasteiger partial charge is 0.267 e. The first kappa shape index (κ1) is 24.7. The van der Waals surface area contributed by atoms with Gasteiger partial charge in [0.25, 0.3) is 30.4 Å². The highest BCUT2D eigenvalue weighted by Gasteiger charge is 2.32. The molecule has 0 heterocycles. The van der Waals surface area contributed by atoms with Crippen molar-refractivity contribution in [2.75, 3.05) is 23.9 Å². The molecule has 0 saturated heterocycles. The molecule has 0 aromatic carbocycles. The number of unbranched alkanes of at least 4 members (excludes halogenated alkanes) is 1. The minimum atomic E-state index is -3.98. The molecule has 0 saturated carbocycles. The van der Waals surface area contributed by atoms with Gasteiger partial charge in [-0.05, 0) is 27.2 Å². The summed E-state index contributed by atoms with van der Waals surface area (Å²) < 4.78 is 85.0. The third kappa shape index (κ3) is 10.5. The second-order valence-electron chi connectivity index (χ2n) is 5.24. The van der Waals surface area contributed by atoms with Crippen LogP contribution in [-0.4, -0.2) is 61.3 Å². The molecule has 0 aliphatic rings. The van der Waals surface area contributed by atoms with Gasteiger partial charge in [-0.1, -0.05) is 19.8 Å². The van der Waals surface area contributed by atoms with Crippen molar-refractivity contribution in [3.05, 3.63) is 0 Å². The van der Waals surface area contributed by atoms with E-state index in [1.54, 1.807) is 0 Å². The number of rotatable bonds is 14. The van der Waals surface area contributed by atoms with Crippen molar-refractivity contribution in [2.45, 2.75) is 59.2 Å². The number of hydrogen-bond acceptors (Lipinski definition) is 9. The maximum atomic E-state index is 11.8. The van der Waals surface area contributed by atoms with Crippen LogP contribution < -0.4 is 0 Å². The fourth-order valence-electron chi connectivity index (χ4n) is 1.67. The first-order chi connectivity index (χ1) is 11.4. The van der Waals surface area contributed by atoms with Gasteiger partial charge in [-0.3, -0.25) is 12.5 Å². The summed E-state index contributed by atoms with van der Waals surface area (Å²) in [4.78, 5) is 0. The summed E-state index contributed by atoms with van der Waals surface area (Å²) in [6.07, 6.45) is -1.14. The first-order valence-electron chi connectivity index (χ1n) is 8.10. The Morgan fingerprint density at radius 3 is 1.52 bits per heavy atom. The molecule has 2 unspecified atom stereocenters. The van der Waals surface area contributed by atoms with E-state index in [1.807, 2.05) is 6.92 Å². The zero-order valence-corrected chi connectivity index (χ0v) is 17.5. The Bertz CT molecular complexity index is 680. The summed E-state index contributed by atoms with van der Waals surface area (Å²) in [5.41, 5.74) is 0. The summed E-state index contributed by atoms with van der Waals surface area (Å²) in [5, 5.41) is 0. The van der Waals surface area contributed by atoms with E-state index in [0.29, 0.717) is 12.8 Å². The second-order valence-corrected chi connectivity index (χ2v) is 10.9. The van der Waals surface area contributed by atoms with Gasteiger partial charge in [0.05, 0.1) is 23.9 Å². The average Bonchev–Trinajstić information content (AvgIpc) is 2.55. The molecule has 0 fully saturated rings. The molecule has 0 N–H and O–H groups in total. The predicted octanol–water partition coefficient (Wildman–Crippen LogP) is 1.01. The fraction of sp³-hybridized carbons (Fsp3) is 1.00. The highest BCUT2D eigenvalue weighted by molar-refractivity contribution is 7.87. The molecule has 0 rings (SSSR count). The molecule has 0 aliphatic heterocycles. The SMILES string of the molecule is CCCCC(OS(=O)(=O)CC)C(COS(=O)(=O)CC)OS(=O)(=O)CC. The Morgan fingerprint density at radius 1 is 0.680 bits per heavy atom. The Kier molecular flexibility index (Phi) is 10.7. The highest BCUT2D eigenvalue weighted by atomic mass is 32.2. The van der Waals surface area contributed by atoms with Gasteiger partial charge < -0.3 is 0 Å². The van der Waals surface area contributed by atoms with Crippen LogP contribution in [0.1, 0.15) is 47.0 Å². The Labute approximate surface area is 151 Å². The average molecular weight is 425 g/mol. The van der Waals surface area contributed by atoms with Gasteiger partial charge in [0.2, 0.25) is 0 Å². The Hall–Kier alpha value is -0.270. The standard InChI is InChI=1S/C13H28O9S3/c1-5-9-10-12(21-24(16,17)7-3)13(22-25(18,19)8-4)11-20-23(14,15)6-2/h12-13H,5-11H2,1-4H3. The highest BCUT2D eigenvalue weighted by Crippen LogP contribution is 2.19. The quantitative estimate of drug-likeness (QED) is 0.375. The van der Waals surface area contributed by atoms with Gasteiger partial charge in [0, 0.05) is 0 Å². The van der Waals surface area contributed by atoms with E-state index in [9.17, 15) is 25.3 Å². The van der Waals surface area contributed by atoms with Crippen LogP contribution in [0.15, 0.2) is 0 Å². The lowest BCUT2D eigenvalue weighted by molar-refractivity contribution is 0.0266. The van der Waals surface area contributed by atoms with Crippen molar-refractivity contribution in [1.29, 1.82) is 0 Å². The predicted molar refractivity (Wildman–Crippen MR) is 93.6 cm³/mol. The lowest BCUT2D eigenvalue weighted by Gasteiger charge is -2.25. The molecule has 152 valence electrons. The molecule has 9 nitrogen and oxygen atoms in total. The fourth-order valence-corrected chi connectivity index (χ4v) is 3.60. The van der Waals surface area contributed by atoms with Crippen molar-refractivity contribution in [1.82, 2.24) is 0 Å². The molecule has 0 amide bonds. The molecule has 0 aromatic heterocycles. The molecule has 0 spiro atoms. The second kappa shape index (κ2) is 10.8. The van der Waals surface area contributed by atoms with Crippen molar-refractivity contribution >= 4 is 30.4 Å². The van der Waals surface area contributed by atoms with E-state index >= 15 is 0 Å². The Morgan fingerprint density at radius 2 is 1.12 bits per heavy atom. The van der Waals surface area contributed by atoms with Gasteiger partial charge >= 0.3 is 0 Å². The third-order valence-corrected chi connectivity index (χ3v) is 6.97. The van der Waals surface area contributed by atoms with E-state index in [0.717, 1.165) is 0 Å². The lowest BCUT2D eigenvalue weighted by Crippen LogP contribution is -2.40. The summed E-state index contributed by atoms with van der Waals surface area (Å²) in [6, 6.07) is 0. The van der Waals surface area contributed by atoms with Crippen molar-refractivity contribution in [3.8, 4) is 0 Å². The third-order valence-electron chi connectivity index (χ3n) is 3.27. The molecule has 0 bridgehead atoms. The van der Waals surface area contributed by atoms with Gasteiger partial charge in [0.1, 0.15) is 12.2 Å². The molecule has 0 aliphatic carbocycles.